The Hall–Kier alpha value is -2.14. The fourth-order valence-electron chi connectivity index (χ4n) is 2.70. The molecule has 0 atom stereocenters. The highest BCUT2D eigenvalue weighted by atomic mass is 32.1. The number of hydrogen-bond acceptors (Lipinski definition) is 3. The molecule has 0 fully saturated rings. The van der Waals surface area contributed by atoms with E-state index in [1.165, 1.54) is 22.2 Å². The Kier molecular flexibility index (Phi) is 2.44. The Balaban J connectivity index is 2.02. The van der Waals surface area contributed by atoms with E-state index in [0.717, 1.165) is 21.4 Å². The fourth-order valence-corrected chi connectivity index (χ4v) is 3.72. The second kappa shape index (κ2) is 4.18. The van der Waals surface area contributed by atoms with Crippen LogP contribution < -0.4 is 14.9 Å². The van der Waals surface area contributed by atoms with Crippen LogP contribution in [-0.2, 0) is 13.6 Å². The van der Waals surface area contributed by atoms with Gasteiger partial charge in [-0.25, -0.2) is 0 Å². The van der Waals surface area contributed by atoms with Crippen LogP contribution in [0.4, 0.5) is 0 Å². The predicted octanol–water partition coefficient (Wildman–Crippen LogP) is 0.863. The van der Waals surface area contributed by atoms with Crippen molar-refractivity contribution in [2.45, 2.75) is 6.54 Å². The van der Waals surface area contributed by atoms with Crippen LogP contribution in [0.1, 0.15) is 5.56 Å². The zero-order chi connectivity index (χ0) is 13.7. The van der Waals surface area contributed by atoms with Crippen LogP contribution in [0.3, 0.4) is 0 Å². The number of para-hydroxylation sites is 1. The second-order valence-electron chi connectivity index (χ2n) is 4.94. The summed E-state index contributed by atoms with van der Waals surface area (Å²) < 4.78 is 4.62. The molecule has 2 aromatic heterocycles. The van der Waals surface area contributed by atoms with E-state index in [0.29, 0.717) is 6.54 Å². The quantitative estimate of drug-likeness (QED) is 0.653. The minimum Gasteiger partial charge on any atom is -0.350 e. The molecule has 0 saturated heterocycles. The zero-order valence-corrected chi connectivity index (χ0v) is 11.9. The van der Waals surface area contributed by atoms with Crippen LogP contribution in [0.15, 0.2) is 40.2 Å². The highest BCUT2D eigenvalue weighted by Gasteiger charge is 2.10. The first kappa shape index (κ1) is 11.7. The van der Waals surface area contributed by atoms with Gasteiger partial charge < -0.3 is 4.57 Å². The average molecular weight is 283 g/mol. The van der Waals surface area contributed by atoms with Crippen molar-refractivity contribution in [3.8, 4) is 0 Å². The molecule has 4 rings (SSSR count). The van der Waals surface area contributed by atoms with Crippen molar-refractivity contribution in [2.24, 2.45) is 12.0 Å². The van der Waals surface area contributed by atoms with Crippen molar-refractivity contribution in [1.29, 1.82) is 0 Å². The molecule has 0 saturated carbocycles. The highest BCUT2D eigenvalue weighted by molar-refractivity contribution is 7.07. The third-order valence-electron chi connectivity index (χ3n) is 3.67. The van der Waals surface area contributed by atoms with Gasteiger partial charge in [0.1, 0.15) is 0 Å². The molecule has 0 spiro atoms. The van der Waals surface area contributed by atoms with E-state index < -0.39 is 0 Å². The fraction of sp³-hybridized carbons (Fsp3) is 0.200. The molecule has 1 aliphatic heterocycles. The van der Waals surface area contributed by atoms with Gasteiger partial charge in [0.05, 0.1) is 11.1 Å². The van der Waals surface area contributed by atoms with Crippen molar-refractivity contribution in [3.05, 3.63) is 55.7 Å². The van der Waals surface area contributed by atoms with Gasteiger partial charge in [0.25, 0.3) is 5.56 Å². The molecule has 20 heavy (non-hydrogen) atoms. The minimum atomic E-state index is 0.0826. The Morgan fingerprint density at radius 2 is 2.20 bits per heavy atom. The number of benzene rings is 1. The summed E-state index contributed by atoms with van der Waals surface area (Å²) in [5.41, 5.74) is 2.34. The van der Waals surface area contributed by atoms with Gasteiger partial charge in [0, 0.05) is 36.3 Å². The first-order chi connectivity index (χ1) is 9.74. The molecule has 0 N–H and O–H groups in total. The lowest BCUT2D eigenvalue weighted by Gasteiger charge is -1.92. The van der Waals surface area contributed by atoms with Gasteiger partial charge in [-0.3, -0.25) is 14.4 Å². The van der Waals surface area contributed by atoms with Crippen LogP contribution >= 0.6 is 11.3 Å². The molecule has 0 unspecified atom stereocenters. The summed E-state index contributed by atoms with van der Waals surface area (Å²) in [4.78, 5) is 17.5. The molecular formula is C15H13N3OS. The molecule has 4 nitrogen and oxygen atoms in total. The predicted molar refractivity (Wildman–Crippen MR) is 80.7 cm³/mol. The summed E-state index contributed by atoms with van der Waals surface area (Å²) in [5, 5.41) is 1.17. The van der Waals surface area contributed by atoms with E-state index in [4.69, 9.17) is 0 Å². The maximum absolute atomic E-state index is 12.3. The molecule has 3 heterocycles. The normalized spacial score (nSPS) is 14.8. The number of rotatable bonds is 1. The van der Waals surface area contributed by atoms with Crippen LogP contribution in [-0.4, -0.2) is 15.7 Å². The first-order valence-corrected chi connectivity index (χ1v) is 7.35. The van der Waals surface area contributed by atoms with Gasteiger partial charge in [-0.2, -0.15) is 0 Å². The first-order valence-electron chi connectivity index (χ1n) is 6.54. The Bertz CT molecular complexity index is 990. The lowest BCUT2D eigenvalue weighted by molar-refractivity contribution is 0.740. The lowest BCUT2D eigenvalue weighted by Crippen LogP contribution is -2.29. The van der Waals surface area contributed by atoms with E-state index in [-0.39, 0.29) is 5.56 Å². The van der Waals surface area contributed by atoms with Crippen molar-refractivity contribution in [1.82, 2.24) is 9.13 Å². The zero-order valence-electron chi connectivity index (χ0n) is 11.0. The summed E-state index contributed by atoms with van der Waals surface area (Å²) in [6.07, 6.45) is 4.05. The molecular weight excluding hydrogens is 270 g/mol. The number of aryl methyl sites for hydroxylation is 1. The summed E-state index contributed by atoms with van der Waals surface area (Å²) in [6, 6.07) is 8.23. The maximum atomic E-state index is 12.3. The molecule has 100 valence electrons. The van der Waals surface area contributed by atoms with E-state index in [9.17, 15) is 4.79 Å². The molecule has 0 aliphatic carbocycles. The number of nitrogens with zero attached hydrogens (tertiary/aromatic N) is 3. The number of thiazole rings is 1. The van der Waals surface area contributed by atoms with Gasteiger partial charge in [-0.05, 0) is 12.1 Å². The van der Waals surface area contributed by atoms with E-state index in [1.807, 2.05) is 25.3 Å². The van der Waals surface area contributed by atoms with Gasteiger partial charge in [0.15, 0.2) is 4.80 Å². The standard InChI is InChI=1S/C15H13N3OS/c1-17-9-10(11-4-2-3-5-12(11)17)8-13-14(19)18-7-6-16-15(18)20-13/h2-5,8-9H,6-7H2,1H3/b13-8+. The summed E-state index contributed by atoms with van der Waals surface area (Å²) in [5.74, 6) is 0. The van der Waals surface area contributed by atoms with Crippen molar-refractivity contribution in [2.75, 3.05) is 6.54 Å². The molecule has 5 heteroatoms. The molecule has 1 aromatic carbocycles. The Morgan fingerprint density at radius 1 is 1.35 bits per heavy atom. The number of hydrogen-bond donors (Lipinski definition) is 0. The van der Waals surface area contributed by atoms with Gasteiger partial charge >= 0.3 is 0 Å². The maximum Gasteiger partial charge on any atom is 0.270 e. The smallest absolute Gasteiger partial charge is 0.270 e. The SMILES string of the molecule is Cn1cc(/C=c2/sc3n(c2=O)CCN=3)c2ccccc21. The van der Waals surface area contributed by atoms with E-state index in [2.05, 4.69) is 27.9 Å². The van der Waals surface area contributed by atoms with Crippen LogP contribution in [0.25, 0.3) is 17.0 Å². The van der Waals surface area contributed by atoms with Crippen molar-refractivity contribution >= 4 is 28.3 Å². The largest absolute Gasteiger partial charge is 0.350 e. The van der Waals surface area contributed by atoms with Crippen LogP contribution in [0.2, 0.25) is 0 Å². The Morgan fingerprint density at radius 3 is 3.05 bits per heavy atom. The minimum absolute atomic E-state index is 0.0826. The highest BCUT2D eigenvalue weighted by Crippen LogP contribution is 2.20. The summed E-state index contributed by atoms with van der Waals surface area (Å²) in [7, 11) is 2.02. The van der Waals surface area contributed by atoms with Gasteiger partial charge in [0.2, 0.25) is 0 Å². The van der Waals surface area contributed by atoms with Crippen molar-refractivity contribution in [3.63, 3.8) is 0 Å². The summed E-state index contributed by atoms with van der Waals surface area (Å²) in [6.45, 7) is 1.45. The van der Waals surface area contributed by atoms with Gasteiger partial charge in [-0.1, -0.05) is 29.5 Å². The Labute approximate surface area is 118 Å². The van der Waals surface area contributed by atoms with E-state index in [1.54, 1.807) is 4.57 Å². The number of fused-ring (bicyclic) bond motifs is 2. The lowest BCUT2D eigenvalue weighted by atomic mass is 10.2. The van der Waals surface area contributed by atoms with Gasteiger partial charge in [-0.15, -0.1) is 0 Å². The average Bonchev–Trinajstić information content (AvgIpc) is 3.10. The third kappa shape index (κ3) is 1.59. The molecule has 3 aromatic rings. The molecule has 0 bridgehead atoms. The third-order valence-corrected chi connectivity index (χ3v) is 4.72. The molecule has 0 amide bonds. The molecule has 1 aliphatic rings. The van der Waals surface area contributed by atoms with Crippen molar-refractivity contribution < 1.29 is 0 Å². The van der Waals surface area contributed by atoms with Crippen LogP contribution in [0, 0.1) is 0 Å². The van der Waals surface area contributed by atoms with E-state index >= 15 is 0 Å². The summed E-state index contributed by atoms with van der Waals surface area (Å²) >= 11 is 1.48. The second-order valence-corrected chi connectivity index (χ2v) is 5.95. The topological polar surface area (TPSA) is 39.3 Å². The molecule has 0 radical (unpaired) electrons. The monoisotopic (exact) mass is 283 g/mol. The number of aromatic nitrogens is 2. The van der Waals surface area contributed by atoms with Crippen LogP contribution in [0.5, 0.6) is 0 Å².